The summed E-state index contributed by atoms with van der Waals surface area (Å²) in [6, 6.07) is 1.77. The molecule has 1 aromatic heterocycles. The molecule has 1 fully saturated rings. The highest BCUT2D eigenvalue weighted by Crippen LogP contribution is 2.26. The SMILES string of the molecule is Cc1nccc(N=CC2CCC(OS(C)(=O)=O)CC2)n1. The summed E-state index contributed by atoms with van der Waals surface area (Å²) in [7, 11) is -3.35. The molecule has 7 heteroatoms. The van der Waals surface area contributed by atoms with Gasteiger partial charge in [0, 0.05) is 18.5 Å². The Morgan fingerprint density at radius 3 is 2.65 bits per heavy atom. The van der Waals surface area contributed by atoms with E-state index in [1.54, 1.807) is 12.3 Å². The summed E-state index contributed by atoms with van der Waals surface area (Å²) in [5.41, 5.74) is 0. The highest BCUT2D eigenvalue weighted by atomic mass is 32.2. The molecule has 1 heterocycles. The average molecular weight is 297 g/mol. The number of hydrogen-bond donors (Lipinski definition) is 0. The lowest BCUT2D eigenvalue weighted by atomic mass is 9.88. The van der Waals surface area contributed by atoms with Gasteiger partial charge in [0.1, 0.15) is 5.82 Å². The van der Waals surface area contributed by atoms with Crippen molar-refractivity contribution in [1.82, 2.24) is 9.97 Å². The van der Waals surface area contributed by atoms with Crippen molar-refractivity contribution in [2.24, 2.45) is 10.9 Å². The lowest BCUT2D eigenvalue weighted by Gasteiger charge is -2.25. The van der Waals surface area contributed by atoms with Crippen LogP contribution in [0.5, 0.6) is 0 Å². The zero-order valence-corrected chi connectivity index (χ0v) is 12.5. The number of aryl methyl sites for hydroxylation is 1. The van der Waals surface area contributed by atoms with Crippen LogP contribution in [0.15, 0.2) is 17.3 Å². The van der Waals surface area contributed by atoms with E-state index in [0.29, 0.717) is 17.6 Å². The molecule has 0 aromatic carbocycles. The lowest BCUT2D eigenvalue weighted by molar-refractivity contribution is 0.154. The number of hydrogen-bond acceptors (Lipinski definition) is 6. The molecule has 0 saturated heterocycles. The molecule has 0 N–H and O–H groups in total. The van der Waals surface area contributed by atoms with Crippen LogP contribution in [0.25, 0.3) is 0 Å². The summed E-state index contributed by atoms with van der Waals surface area (Å²) in [6.45, 7) is 1.83. The smallest absolute Gasteiger partial charge is 0.264 e. The minimum atomic E-state index is -3.35. The first-order valence-electron chi connectivity index (χ1n) is 6.64. The third-order valence-electron chi connectivity index (χ3n) is 3.21. The number of aromatic nitrogens is 2. The second-order valence-corrected chi connectivity index (χ2v) is 6.68. The van der Waals surface area contributed by atoms with E-state index in [1.807, 2.05) is 13.1 Å². The van der Waals surface area contributed by atoms with Crippen molar-refractivity contribution in [3.8, 4) is 0 Å². The number of aliphatic imine (C=N–C) groups is 1. The molecule has 1 saturated carbocycles. The third kappa shape index (κ3) is 4.97. The summed E-state index contributed by atoms with van der Waals surface area (Å²) in [5, 5.41) is 0. The molecule has 1 aliphatic rings. The Morgan fingerprint density at radius 1 is 1.35 bits per heavy atom. The highest BCUT2D eigenvalue weighted by molar-refractivity contribution is 7.86. The topological polar surface area (TPSA) is 81.5 Å². The Balaban J connectivity index is 1.85. The summed E-state index contributed by atoms with van der Waals surface area (Å²) >= 11 is 0. The molecule has 1 aromatic rings. The molecular formula is C13H19N3O3S. The molecule has 0 spiro atoms. The molecule has 0 amide bonds. The maximum absolute atomic E-state index is 11.1. The number of rotatable bonds is 4. The van der Waals surface area contributed by atoms with Crippen LogP contribution in [0.4, 0.5) is 5.82 Å². The molecule has 0 radical (unpaired) electrons. The van der Waals surface area contributed by atoms with Crippen LogP contribution < -0.4 is 0 Å². The fourth-order valence-electron chi connectivity index (χ4n) is 2.28. The van der Waals surface area contributed by atoms with Crippen molar-refractivity contribution in [1.29, 1.82) is 0 Å². The monoisotopic (exact) mass is 297 g/mol. The first-order chi connectivity index (χ1) is 9.42. The minimum absolute atomic E-state index is 0.184. The van der Waals surface area contributed by atoms with Gasteiger partial charge < -0.3 is 0 Å². The summed E-state index contributed by atoms with van der Waals surface area (Å²) < 4.78 is 27.1. The van der Waals surface area contributed by atoms with Crippen LogP contribution in [-0.2, 0) is 14.3 Å². The first-order valence-corrected chi connectivity index (χ1v) is 8.46. The van der Waals surface area contributed by atoms with Gasteiger partial charge in [0.05, 0.1) is 12.4 Å². The van der Waals surface area contributed by atoms with E-state index in [2.05, 4.69) is 15.0 Å². The molecule has 20 heavy (non-hydrogen) atoms. The molecule has 1 aliphatic carbocycles. The van der Waals surface area contributed by atoms with Crippen molar-refractivity contribution in [3.05, 3.63) is 18.1 Å². The molecule has 0 bridgehead atoms. The summed E-state index contributed by atoms with van der Waals surface area (Å²) in [5.74, 6) is 1.71. The molecule has 0 aliphatic heterocycles. The standard InChI is InChI=1S/C13H19N3O3S/c1-10-14-8-7-13(16-10)15-9-11-3-5-12(6-4-11)19-20(2,17)18/h7-9,11-12H,3-6H2,1-2H3. The van der Waals surface area contributed by atoms with E-state index >= 15 is 0 Å². The van der Waals surface area contributed by atoms with Gasteiger partial charge in [0.25, 0.3) is 10.1 Å². The van der Waals surface area contributed by atoms with Crippen molar-refractivity contribution < 1.29 is 12.6 Å². The van der Waals surface area contributed by atoms with E-state index in [0.717, 1.165) is 31.9 Å². The van der Waals surface area contributed by atoms with E-state index in [-0.39, 0.29) is 6.10 Å². The van der Waals surface area contributed by atoms with Gasteiger partial charge in [-0.25, -0.2) is 15.0 Å². The van der Waals surface area contributed by atoms with Gasteiger partial charge in [-0.05, 0) is 38.5 Å². The van der Waals surface area contributed by atoms with Crippen LogP contribution in [0.2, 0.25) is 0 Å². The number of nitrogens with zero attached hydrogens (tertiary/aromatic N) is 3. The van der Waals surface area contributed by atoms with Crippen molar-refractivity contribution in [2.45, 2.75) is 38.7 Å². The maximum Gasteiger partial charge on any atom is 0.264 e. The van der Waals surface area contributed by atoms with Gasteiger partial charge in [-0.15, -0.1) is 0 Å². The normalized spacial score (nSPS) is 24.1. The minimum Gasteiger partial charge on any atom is -0.267 e. The Kier molecular flexibility index (Phi) is 4.82. The van der Waals surface area contributed by atoms with Crippen molar-refractivity contribution in [3.63, 3.8) is 0 Å². The Hall–Kier alpha value is -1.34. The predicted molar refractivity (Wildman–Crippen MR) is 76.6 cm³/mol. The van der Waals surface area contributed by atoms with E-state index in [4.69, 9.17) is 4.18 Å². The molecule has 2 rings (SSSR count). The molecular weight excluding hydrogens is 278 g/mol. The van der Waals surface area contributed by atoms with Crippen molar-refractivity contribution in [2.75, 3.05) is 6.26 Å². The van der Waals surface area contributed by atoms with Gasteiger partial charge in [0.2, 0.25) is 0 Å². The average Bonchev–Trinajstić information content (AvgIpc) is 2.36. The van der Waals surface area contributed by atoms with Gasteiger partial charge in [-0.1, -0.05) is 0 Å². The van der Waals surface area contributed by atoms with Gasteiger partial charge in [-0.2, -0.15) is 8.42 Å². The fraction of sp³-hybridized carbons (Fsp3) is 0.615. The van der Waals surface area contributed by atoms with E-state index in [1.165, 1.54) is 0 Å². The second-order valence-electron chi connectivity index (χ2n) is 5.08. The van der Waals surface area contributed by atoms with Crippen LogP contribution in [0, 0.1) is 12.8 Å². The third-order valence-corrected chi connectivity index (χ3v) is 3.83. The molecule has 0 unspecified atom stereocenters. The Morgan fingerprint density at radius 2 is 2.05 bits per heavy atom. The van der Waals surface area contributed by atoms with Gasteiger partial charge in [0.15, 0.2) is 5.82 Å². The van der Waals surface area contributed by atoms with Crippen LogP contribution in [0.3, 0.4) is 0 Å². The van der Waals surface area contributed by atoms with Crippen LogP contribution in [0.1, 0.15) is 31.5 Å². The molecule has 6 nitrogen and oxygen atoms in total. The van der Waals surface area contributed by atoms with Gasteiger partial charge >= 0.3 is 0 Å². The molecule has 110 valence electrons. The van der Waals surface area contributed by atoms with E-state index < -0.39 is 10.1 Å². The van der Waals surface area contributed by atoms with Gasteiger partial charge in [-0.3, -0.25) is 4.18 Å². The quantitative estimate of drug-likeness (QED) is 0.627. The predicted octanol–water partition coefficient (Wildman–Crippen LogP) is 2.02. The summed E-state index contributed by atoms with van der Waals surface area (Å²) in [4.78, 5) is 12.6. The van der Waals surface area contributed by atoms with Crippen LogP contribution in [-0.4, -0.2) is 37.0 Å². The Bertz CT molecular complexity index is 578. The first kappa shape index (κ1) is 15.1. The Labute approximate surface area is 119 Å². The van der Waals surface area contributed by atoms with Crippen molar-refractivity contribution >= 4 is 22.2 Å². The van der Waals surface area contributed by atoms with E-state index in [9.17, 15) is 8.42 Å². The summed E-state index contributed by atoms with van der Waals surface area (Å²) in [6.07, 6.45) is 7.75. The lowest BCUT2D eigenvalue weighted by Crippen LogP contribution is -2.24. The molecule has 0 atom stereocenters. The second kappa shape index (κ2) is 6.41. The zero-order chi connectivity index (χ0) is 14.6. The maximum atomic E-state index is 11.1. The zero-order valence-electron chi connectivity index (χ0n) is 11.7. The highest BCUT2D eigenvalue weighted by Gasteiger charge is 2.23. The largest absolute Gasteiger partial charge is 0.267 e. The van der Waals surface area contributed by atoms with Crippen LogP contribution >= 0.6 is 0 Å². The fourth-order valence-corrected chi connectivity index (χ4v) is 2.97.